The van der Waals surface area contributed by atoms with Crippen LogP contribution in [-0.4, -0.2) is 15.2 Å². The first-order valence-corrected chi connectivity index (χ1v) is 8.25. The first-order chi connectivity index (χ1) is 11.1. The fourth-order valence-electron chi connectivity index (χ4n) is 2.90. The summed E-state index contributed by atoms with van der Waals surface area (Å²) in [6, 6.07) is 6.15. The number of hydrogen-bond acceptors (Lipinski definition) is 5. The zero-order chi connectivity index (χ0) is 16.0. The summed E-state index contributed by atoms with van der Waals surface area (Å²) in [6.45, 7) is 2.04. The molecule has 2 aromatic rings. The Morgan fingerprint density at radius 3 is 2.83 bits per heavy atom. The lowest BCUT2D eigenvalue weighted by molar-refractivity contribution is 1.09. The second kappa shape index (κ2) is 5.28. The predicted octanol–water partition coefficient (Wildman–Crippen LogP) is 3.46. The molecule has 1 aliphatic heterocycles. The number of benzene rings is 1. The number of allylic oxidation sites excluding steroid dienone is 4. The maximum absolute atomic E-state index is 6.18. The van der Waals surface area contributed by atoms with E-state index in [0.29, 0.717) is 5.82 Å². The van der Waals surface area contributed by atoms with E-state index in [-0.39, 0.29) is 5.25 Å². The summed E-state index contributed by atoms with van der Waals surface area (Å²) in [6.07, 6.45) is 10.0. The van der Waals surface area contributed by atoms with E-state index in [1.54, 1.807) is 11.8 Å². The second-order valence-electron chi connectivity index (χ2n) is 5.67. The van der Waals surface area contributed by atoms with Gasteiger partial charge in [-0.25, -0.2) is 9.97 Å². The van der Waals surface area contributed by atoms with Crippen LogP contribution in [0.1, 0.15) is 16.8 Å². The van der Waals surface area contributed by atoms with Crippen molar-refractivity contribution in [3.8, 4) is 0 Å². The number of anilines is 2. The van der Waals surface area contributed by atoms with Crippen molar-refractivity contribution in [3.63, 3.8) is 0 Å². The Morgan fingerprint density at radius 2 is 2.00 bits per heavy atom. The summed E-state index contributed by atoms with van der Waals surface area (Å²) in [7, 11) is 0. The van der Waals surface area contributed by atoms with Crippen LogP contribution < -0.4 is 11.5 Å². The molecular weight excluding hydrogens is 304 g/mol. The van der Waals surface area contributed by atoms with E-state index < -0.39 is 0 Å². The summed E-state index contributed by atoms with van der Waals surface area (Å²) in [5, 5.41) is 0.212. The van der Waals surface area contributed by atoms with E-state index in [0.717, 1.165) is 38.5 Å². The number of rotatable bonds is 1. The Morgan fingerprint density at radius 1 is 1.13 bits per heavy atom. The normalized spacial score (nSPS) is 18.7. The minimum atomic E-state index is 0.212. The molecule has 0 saturated heterocycles. The standard InChI is InChI=1S/C18H16N4S/c1-10-2-5-12(14(19)8-10)11-3-6-13-15(7-4-11)23-17-16(13)21-9-22-18(17)20/h2-9,15H,19H2,1H3,(H2,20,21,22). The summed E-state index contributed by atoms with van der Waals surface area (Å²) >= 11 is 1.69. The summed E-state index contributed by atoms with van der Waals surface area (Å²) in [5.74, 6) is 0.550. The quantitative estimate of drug-likeness (QED) is 0.787. The minimum Gasteiger partial charge on any atom is -0.398 e. The molecule has 23 heavy (non-hydrogen) atoms. The number of fused-ring (bicyclic) bond motifs is 3. The van der Waals surface area contributed by atoms with Crippen LogP contribution in [0.25, 0.3) is 11.1 Å². The average Bonchev–Trinajstić information content (AvgIpc) is 2.75. The van der Waals surface area contributed by atoms with Crippen LogP contribution in [0, 0.1) is 6.92 Å². The van der Waals surface area contributed by atoms with Gasteiger partial charge < -0.3 is 11.5 Å². The Kier molecular flexibility index (Phi) is 3.23. The van der Waals surface area contributed by atoms with E-state index in [9.17, 15) is 0 Å². The first kappa shape index (κ1) is 14.1. The van der Waals surface area contributed by atoms with Crippen molar-refractivity contribution in [2.45, 2.75) is 17.1 Å². The van der Waals surface area contributed by atoms with Gasteiger partial charge in [0.05, 0.1) is 15.8 Å². The van der Waals surface area contributed by atoms with Gasteiger partial charge in [0.15, 0.2) is 0 Å². The third-order valence-corrected chi connectivity index (χ3v) is 5.37. The molecule has 0 saturated carbocycles. The predicted molar refractivity (Wildman–Crippen MR) is 96.8 cm³/mol. The topological polar surface area (TPSA) is 77.8 Å². The fourth-order valence-corrected chi connectivity index (χ4v) is 4.09. The van der Waals surface area contributed by atoms with Crippen molar-refractivity contribution in [2.24, 2.45) is 0 Å². The zero-order valence-corrected chi connectivity index (χ0v) is 13.5. The summed E-state index contributed by atoms with van der Waals surface area (Å²) in [4.78, 5) is 9.45. The van der Waals surface area contributed by atoms with E-state index in [1.165, 1.54) is 6.33 Å². The highest BCUT2D eigenvalue weighted by atomic mass is 32.2. The number of nitrogen functional groups attached to an aromatic ring is 2. The molecular formula is C18H16N4S. The lowest BCUT2D eigenvalue weighted by Crippen LogP contribution is -1.97. The molecule has 5 heteroatoms. The number of nitrogens with zero attached hydrogens (tertiary/aromatic N) is 2. The van der Waals surface area contributed by atoms with Crippen molar-refractivity contribution in [2.75, 3.05) is 11.5 Å². The van der Waals surface area contributed by atoms with Gasteiger partial charge in [-0.2, -0.15) is 0 Å². The summed E-state index contributed by atoms with van der Waals surface area (Å²) < 4.78 is 0. The SMILES string of the molecule is Cc1ccc(C2=CC=C3c4ncnc(N)c4SC3C=C2)c(N)c1. The highest BCUT2D eigenvalue weighted by molar-refractivity contribution is 8.01. The van der Waals surface area contributed by atoms with Gasteiger partial charge in [-0.05, 0) is 29.7 Å². The van der Waals surface area contributed by atoms with E-state index in [1.807, 2.05) is 13.0 Å². The van der Waals surface area contributed by atoms with Crippen molar-refractivity contribution in [1.82, 2.24) is 9.97 Å². The van der Waals surface area contributed by atoms with Crippen LogP contribution in [0.2, 0.25) is 0 Å². The summed E-state index contributed by atoms with van der Waals surface area (Å²) in [5.41, 5.74) is 18.4. The van der Waals surface area contributed by atoms with Crippen molar-refractivity contribution >= 4 is 34.4 Å². The van der Waals surface area contributed by atoms with Gasteiger partial charge >= 0.3 is 0 Å². The maximum atomic E-state index is 6.18. The van der Waals surface area contributed by atoms with Crippen LogP contribution in [0.4, 0.5) is 11.5 Å². The smallest absolute Gasteiger partial charge is 0.141 e. The largest absolute Gasteiger partial charge is 0.398 e. The third kappa shape index (κ3) is 2.33. The molecule has 0 amide bonds. The van der Waals surface area contributed by atoms with Gasteiger partial charge in [-0.15, -0.1) is 11.8 Å². The molecule has 2 heterocycles. The van der Waals surface area contributed by atoms with Crippen LogP contribution in [0.15, 0.2) is 53.7 Å². The Hall–Kier alpha value is -2.53. The Labute approximate surface area is 139 Å². The second-order valence-corrected chi connectivity index (χ2v) is 6.82. The third-order valence-electron chi connectivity index (χ3n) is 4.07. The van der Waals surface area contributed by atoms with Crippen molar-refractivity contribution < 1.29 is 0 Å². The molecule has 114 valence electrons. The van der Waals surface area contributed by atoms with Gasteiger partial charge in [0.1, 0.15) is 12.1 Å². The van der Waals surface area contributed by atoms with Gasteiger partial charge in [0, 0.05) is 11.3 Å². The molecule has 0 bridgehead atoms. The molecule has 0 spiro atoms. The average molecular weight is 320 g/mol. The number of hydrogen-bond donors (Lipinski definition) is 2. The van der Waals surface area contributed by atoms with Crippen molar-refractivity contribution in [3.05, 3.63) is 65.7 Å². The van der Waals surface area contributed by atoms with Crippen molar-refractivity contribution in [1.29, 1.82) is 0 Å². The Balaban J connectivity index is 1.79. The molecule has 1 atom stereocenters. The van der Waals surface area contributed by atoms with Gasteiger partial charge in [0.25, 0.3) is 0 Å². The van der Waals surface area contributed by atoms with Crippen LogP contribution in [0.3, 0.4) is 0 Å². The number of nitrogens with two attached hydrogens (primary N) is 2. The highest BCUT2D eigenvalue weighted by Gasteiger charge is 2.30. The van der Waals surface area contributed by atoms with Crippen LogP contribution in [0.5, 0.6) is 0 Å². The van der Waals surface area contributed by atoms with Gasteiger partial charge in [-0.1, -0.05) is 36.4 Å². The number of aromatic nitrogens is 2. The highest BCUT2D eigenvalue weighted by Crippen LogP contribution is 2.47. The Bertz CT molecular complexity index is 896. The van der Waals surface area contributed by atoms with E-state index in [4.69, 9.17) is 11.5 Å². The van der Waals surface area contributed by atoms with Gasteiger partial charge in [0.2, 0.25) is 0 Å². The molecule has 2 aliphatic rings. The maximum Gasteiger partial charge on any atom is 0.141 e. The molecule has 4 nitrogen and oxygen atoms in total. The molecule has 0 fully saturated rings. The van der Waals surface area contributed by atoms with E-state index in [2.05, 4.69) is 46.4 Å². The lowest BCUT2D eigenvalue weighted by atomic mass is 10.0. The lowest BCUT2D eigenvalue weighted by Gasteiger charge is -2.07. The zero-order valence-electron chi connectivity index (χ0n) is 12.7. The van der Waals surface area contributed by atoms with Gasteiger partial charge in [-0.3, -0.25) is 0 Å². The molecule has 1 aromatic carbocycles. The molecule has 1 aromatic heterocycles. The fraction of sp³-hybridized carbons (Fsp3) is 0.111. The number of thioether (sulfide) groups is 1. The monoisotopic (exact) mass is 320 g/mol. The van der Waals surface area contributed by atoms with E-state index >= 15 is 0 Å². The van der Waals surface area contributed by atoms with Crippen LogP contribution >= 0.6 is 11.8 Å². The minimum absolute atomic E-state index is 0.212. The first-order valence-electron chi connectivity index (χ1n) is 7.37. The van der Waals surface area contributed by atoms with Crippen LogP contribution in [-0.2, 0) is 0 Å². The number of aryl methyl sites for hydroxylation is 1. The molecule has 4 rings (SSSR count). The molecule has 1 unspecified atom stereocenters. The molecule has 1 aliphatic carbocycles. The molecule has 4 N–H and O–H groups in total. The molecule has 0 radical (unpaired) electrons.